The third-order valence-corrected chi connectivity index (χ3v) is 3.33. The highest BCUT2D eigenvalue weighted by Crippen LogP contribution is 2.28. The fraction of sp³-hybridized carbons (Fsp3) is 0.500. The maximum atomic E-state index is 11.3. The van der Waals surface area contributed by atoms with Crippen molar-refractivity contribution >= 4 is 17.7 Å². The van der Waals surface area contributed by atoms with E-state index in [4.69, 9.17) is 9.47 Å². The number of aromatic carboxylic acids is 1. The number of ether oxygens (including phenoxy) is 2. The Morgan fingerprint density at radius 3 is 2.74 bits per heavy atom. The number of unbranched alkanes of at least 4 members (excludes halogenated alkanes) is 1. The monoisotopic (exact) mass is 284 g/mol. The molecule has 1 rings (SSSR count). The standard InChI is InChI=1S/C14H20O4S/c1-3-4-8-17-9-10-18-11-6-5-7-12(19-2)13(11)14(15)16/h5-7H,3-4,8-10H2,1-2H3,(H,15,16). The van der Waals surface area contributed by atoms with Crippen molar-refractivity contribution in [3.8, 4) is 5.75 Å². The summed E-state index contributed by atoms with van der Waals surface area (Å²) >= 11 is 1.40. The summed E-state index contributed by atoms with van der Waals surface area (Å²) in [6.07, 6.45) is 3.97. The number of carboxylic acid groups (broad SMARTS) is 1. The molecule has 0 aliphatic carbocycles. The topological polar surface area (TPSA) is 55.8 Å². The Kier molecular flexibility index (Phi) is 7.36. The highest BCUT2D eigenvalue weighted by atomic mass is 32.2. The van der Waals surface area contributed by atoms with Crippen molar-refractivity contribution in [2.45, 2.75) is 24.7 Å². The summed E-state index contributed by atoms with van der Waals surface area (Å²) < 4.78 is 10.9. The molecule has 0 spiro atoms. The van der Waals surface area contributed by atoms with Gasteiger partial charge in [0.15, 0.2) is 0 Å². The van der Waals surface area contributed by atoms with Gasteiger partial charge in [-0.15, -0.1) is 11.8 Å². The van der Waals surface area contributed by atoms with Crippen LogP contribution in [0.1, 0.15) is 30.1 Å². The van der Waals surface area contributed by atoms with Crippen LogP contribution in [-0.2, 0) is 4.74 Å². The molecule has 1 aromatic carbocycles. The lowest BCUT2D eigenvalue weighted by Gasteiger charge is -2.11. The lowest BCUT2D eigenvalue weighted by molar-refractivity contribution is 0.0680. The second-order valence-electron chi connectivity index (χ2n) is 3.95. The number of hydrogen-bond acceptors (Lipinski definition) is 4. The molecule has 0 aliphatic rings. The van der Waals surface area contributed by atoms with Crippen LogP contribution in [0.25, 0.3) is 0 Å². The minimum absolute atomic E-state index is 0.226. The summed E-state index contributed by atoms with van der Waals surface area (Å²) in [7, 11) is 0. The summed E-state index contributed by atoms with van der Waals surface area (Å²) in [6.45, 7) is 3.66. The van der Waals surface area contributed by atoms with Gasteiger partial charge in [0.2, 0.25) is 0 Å². The van der Waals surface area contributed by atoms with E-state index in [1.165, 1.54) is 11.8 Å². The van der Waals surface area contributed by atoms with Gasteiger partial charge in [-0.2, -0.15) is 0 Å². The maximum Gasteiger partial charge on any atom is 0.340 e. The first-order chi connectivity index (χ1) is 9.20. The Morgan fingerprint density at radius 2 is 2.11 bits per heavy atom. The molecule has 0 aromatic heterocycles. The third-order valence-electron chi connectivity index (χ3n) is 2.55. The van der Waals surface area contributed by atoms with Gasteiger partial charge in [-0.25, -0.2) is 4.79 Å². The normalized spacial score (nSPS) is 10.4. The molecule has 0 radical (unpaired) electrons. The third kappa shape index (κ3) is 5.12. The largest absolute Gasteiger partial charge is 0.490 e. The fourth-order valence-corrected chi connectivity index (χ4v) is 2.18. The minimum atomic E-state index is -0.966. The minimum Gasteiger partial charge on any atom is -0.490 e. The first-order valence-electron chi connectivity index (χ1n) is 6.31. The number of thioether (sulfide) groups is 1. The number of carboxylic acids is 1. The van der Waals surface area contributed by atoms with E-state index < -0.39 is 5.97 Å². The highest BCUT2D eigenvalue weighted by molar-refractivity contribution is 7.98. The highest BCUT2D eigenvalue weighted by Gasteiger charge is 2.15. The lowest BCUT2D eigenvalue weighted by atomic mass is 10.2. The smallest absolute Gasteiger partial charge is 0.340 e. The molecule has 0 saturated heterocycles. The van der Waals surface area contributed by atoms with E-state index in [0.29, 0.717) is 23.9 Å². The van der Waals surface area contributed by atoms with E-state index in [0.717, 1.165) is 19.4 Å². The Hall–Kier alpha value is -1.20. The average molecular weight is 284 g/mol. The van der Waals surface area contributed by atoms with Crippen LogP contribution >= 0.6 is 11.8 Å². The molecular formula is C14H20O4S. The van der Waals surface area contributed by atoms with E-state index in [1.807, 2.05) is 6.26 Å². The van der Waals surface area contributed by atoms with Crippen LogP contribution in [0.5, 0.6) is 5.75 Å². The predicted molar refractivity (Wildman–Crippen MR) is 76.4 cm³/mol. The lowest BCUT2D eigenvalue weighted by Crippen LogP contribution is -2.10. The molecule has 1 aromatic rings. The van der Waals surface area contributed by atoms with Crippen LogP contribution < -0.4 is 4.74 Å². The van der Waals surface area contributed by atoms with Crippen LogP contribution in [0, 0.1) is 0 Å². The van der Waals surface area contributed by atoms with Crippen molar-refractivity contribution in [3.05, 3.63) is 23.8 Å². The summed E-state index contributed by atoms with van der Waals surface area (Å²) in [5, 5.41) is 9.23. The summed E-state index contributed by atoms with van der Waals surface area (Å²) in [6, 6.07) is 5.25. The second-order valence-corrected chi connectivity index (χ2v) is 4.80. The van der Waals surface area contributed by atoms with Gasteiger partial charge in [0.25, 0.3) is 0 Å². The van der Waals surface area contributed by atoms with Crippen molar-refractivity contribution in [1.82, 2.24) is 0 Å². The van der Waals surface area contributed by atoms with Crippen LogP contribution in [0.15, 0.2) is 23.1 Å². The summed E-state index contributed by atoms with van der Waals surface area (Å²) in [5.74, 6) is -0.565. The van der Waals surface area contributed by atoms with Gasteiger partial charge in [0.1, 0.15) is 17.9 Å². The molecule has 0 unspecified atom stereocenters. The molecule has 0 fully saturated rings. The van der Waals surface area contributed by atoms with E-state index in [9.17, 15) is 9.90 Å². The van der Waals surface area contributed by atoms with Crippen LogP contribution in [0.2, 0.25) is 0 Å². The van der Waals surface area contributed by atoms with E-state index in [1.54, 1.807) is 18.2 Å². The number of carbonyl (C=O) groups is 1. The Balaban J connectivity index is 2.55. The van der Waals surface area contributed by atoms with Gasteiger partial charge in [-0.1, -0.05) is 19.4 Å². The molecule has 4 nitrogen and oxygen atoms in total. The molecule has 0 atom stereocenters. The number of hydrogen-bond donors (Lipinski definition) is 1. The fourth-order valence-electron chi connectivity index (χ4n) is 1.57. The van der Waals surface area contributed by atoms with Gasteiger partial charge >= 0.3 is 5.97 Å². The molecule has 0 amide bonds. The molecule has 1 N–H and O–H groups in total. The molecule has 5 heteroatoms. The maximum absolute atomic E-state index is 11.3. The van der Waals surface area contributed by atoms with E-state index in [2.05, 4.69) is 6.92 Å². The van der Waals surface area contributed by atoms with Gasteiger partial charge in [-0.3, -0.25) is 0 Å². The van der Waals surface area contributed by atoms with Crippen LogP contribution in [0.4, 0.5) is 0 Å². The Morgan fingerprint density at radius 1 is 1.32 bits per heavy atom. The molecular weight excluding hydrogens is 264 g/mol. The van der Waals surface area contributed by atoms with E-state index in [-0.39, 0.29) is 5.56 Å². The number of rotatable bonds is 9. The molecule has 0 heterocycles. The van der Waals surface area contributed by atoms with Crippen LogP contribution in [-0.4, -0.2) is 37.2 Å². The average Bonchev–Trinajstić information content (AvgIpc) is 2.42. The van der Waals surface area contributed by atoms with Crippen molar-refractivity contribution in [2.75, 3.05) is 26.1 Å². The SMILES string of the molecule is CCCCOCCOc1cccc(SC)c1C(=O)O. The zero-order valence-electron chi connectivity index (χ0n) is 11.3. The zero-order valence-corrected chi connectivity index (χ0v) is 12.2. The molecule has 106 valence electrons. The van der Waals surface area contributed by atoms with Crippen LogP contribution in [0.3, 0.4) is 0 Å². The molecule has 0 saturated carbocycles. The predicted octanol–water partition coefficient (Wildman–Crippen LogP) is 3.30. The van der Waals surface area contributed by atoms with Crippen molar-refractivity contribution in [2.24, 2.45) is 0 Å². The van der Waals surface area contributed by atoms with Gasteiger partial charge in [0, 0.05) is 11.5 Å². The Labute approximate surface area is 118 Å². The quantitative estimate of drug-likeness (QED) is 0.557. The van der Waals surface area contributed by atoms with E-state index >= 15 is 0 Å². The first-order valence-corrected chi connectivity index (χ1v) is 7.54. The summed E-state index contributed by atoms with van der Waals surface area (Å²) in [4.78, 5) is 12.0. The van der Waals surface area contributed by atoms with Gasteiger partial charge < -0.3 is 14.6 Å². The van der Waals surface area contributed by atoms with Crippen molar-refractivity contribution < 1.29 is 19.4 Å². The van der Waals surface area contributed by atoms with Crippen molar-refractivity contribution in [1.29, 1.82) is 0 Å². The van der Waals surface area contributed by atoms with Gasteiger partial charge in [0.05, 0.1) is 6.61 Å². The first kappa shape index (κ1) is 15.9. The molecule has 0 aliphatic heterocycles. The molecule has 19 heavy (non-hydrogen) atoms. The second kappa shape index (κ2) is 8.82. The zero-order chi connectivity index (χ0) is 14.1. The van der Waals surface area contributed by atoms with Gasteiger partial charge in [-0.05, 0) is 24.8 Å². The summed E-state index contributed by atoms with van der Waals surface area (Å²) in [5.41, 5.74) is 0.226. The molecule has 0 bridgehead atoms. The Bertz CT molecular complexity index is 406. The van der Waals surface area contributed by atoms with Crippen molar-refractivity contribution in [3.63, 3.8) is 0 Å². The number of benzene rings is 1.